The van der Waals surface area contributed by atoms with Gasteiger partial charge in [-0.3, -0.25) is 0 Å². The first kappa shape index (κ1) is 20.9. The van der Waals surface area contributed by atoms with Gasteiger partial charge in [-0.05, 0) is 0 Å². The van der Waals surface area contributed by atoms with Gasteiger partial charge in [0.05, 0.1) is 0 Å². The topological polar surface area (TPSA) is 41.9 Å². The van der Waals surface area contributed by atoms with E-state index in [2.05, 4.69) is 11.3 Å². The predicted octanol–water partition coefficient (Wildman–Crippen LogP) is -3.56. The maximum Gasteiger partial charge on any atom is -1.00 e. The molecule has 0 amide bonds. The Kier molecular flexibility index (Phi) is 10.9. The van der Waals surface area contributed by atoms with Crippen LogP contribution in [0.5, 0.6) is 0 Å². The summed E-state index contributed by atoms with van der Waals surface area (Å²) in [6.07, 6.45) is 7.69. The van der Waals surface area contributed by atoms with Gasteiger partial charge >= 0.3 is 119 Å². The summed E-state index contributed by atoms with van der Waals surface area (Å²) in [4.78, 5) is 0. The van der Waals surface area contributed by atoms with Crippen molar-refractivity contribution in [2.45, 2.75) is 13.1 Å². The van der Waals surface area contributed by atoms with Crippen molar-refractivity contribution >= 4 is 15.8 Å². The third kappa shape index (κ3) is 6.34. The molecule has 4 nitrogen and oxygen atoms in total. The van der Waals surface area contributed by atoms with Gasteiger partial charge in [0.1, 0.15) is 0 Å². The Morgan fingerprint density at radius 2 is 1.05 bits per heavy atom. The molecule has 0 saturated heterocycles. The number of pyridine rings is 2. The minimum atomic E-state index is -0.0740. The van der Waals surface area contributed by atoms with Crippen LogP contribution in [0, 0.1) is 11.3 Å². The first-order chi connectivity index (χ1) is 9.83. The zero-order valence-electron chi connectivity index (χ0n) is 11.4. The molecule has 0 radical (unpaired) electrons. The van der Waals surface area contributed by atoms with E-state index in [1.54, 1.807) is 0 Å². The summed E-state index contributed by atoms with van der Waals surface area (Å²) in [7, 11) is -0.148. The summed E-state index contributed by atoms with van der Waals surface area (Å²) >= 11 is 0. The summed E-state index contributed by atoms with van der Waals surface area (Å²) in [5.41, 5.74) is 7.59. The van der Waals surface area contributed by atoms with Crippen LogP contribution in [-0.4, -0.2) is 0 Å². The summed E-state index contributed by atoms with van der Waals surface area (Å²) in [5, 5.41) is 0. The van der Waals surface area contributed by atoms with Crippen molar-refractivity contribution in [2.75, 3.05) is 0 Å². The van der Waals surface area contributed by atoms with E-state index in [1.165, 1.54) is 0 Å². The van der Waals surface area contributed by atoms with E-state index in [9.17, 15) is 9.13 Å². The van der Waals surface area contributed by atoms with Gasteiger partial charge in [-0.15, -0.1) is 0 Å². The van der Waals surface area contributed by atoms with Crippen LogP contribution in [0.15, 0.2) is 49.1 Å². The molecule has 22 heavy (non-hydrogen) atoms. The molecule has 114 valence electrons. The molecular formula is C14H12Cl2N2O2P2. The predicted molar refractivity (Wildman–Crippen MR) is 75.3 cm³/mol. The number of hydrogen-bond acceptors (Lipinski definition) is 2. The first-order valence-corrected chi connectivity index (χ1v) is 7.55. The maximum absolute atomic E-state index is 10.3. The van der Waals surface area contributed by atoms with E-state index in [-0.39, 0.29) is 40.6 Å². The molecule has 2 rings (SSSR count). The number of rotatable bonds is 3. The fourth-order valence-corrected chi connectivity index (χ4v) is 2.17. The van der Waals surface area contributed by atoms with Crippen molar-refractivity contribution < 1.29 is 43.1 Å². The molecule has 0 aliphatic rings. The Morgan fingerprint density at radius 3 is 1.32 bits per heavy atom. The van der Waals surface area contributed by atoms with Crippen molar-refractivity contribution in [3.63, 3.8) is 0 Å². The number of nitrogens with zero attached hydrogens (tertiary/aromatic N) is 2. The van der Waals surface area contributed by atoms with Crippen molar-refractivity contribution in [1.29, 1.82) is 0 Å². The molecule has 0 fully saturated rings. The largest absolute Gasteiger partial charge is 1.00 e. The summed E-state index contributed by atoms with van der Waals surface area (Å²) in [6, 6.07) is 7.99. The van der Waals surface area contributed by atoms with Crippen LogP contribution in [0.1, 0.15) is 0 Å². The molecule has 0 aliphatic heterocycles. The molecule has 0 spiro atoms. The number of hydrogen-bond donors (Lipinski definition) is 0. The average Bonchev–Trinajstić information content (AvgIpc) is 2.52. The zero-order chi connectivity index (χ0) is 14.2. The minimum absolute atomic E-state index is 0. The Morgan fingerprint density at radius 1 is 0.727 bits per heavy atom. The molecule has 0 unspecified atom stereocenters. The van der Waals surface area contributed by atoms with Gasteiger partial charge in [-0.25, -0.2) is 0 Å². The van der Waals surface area contributed by atoms with E-state index >= 15 is 0 Å². The second kappa shape index (κ2) is 11.5. The van der Waals surface area contributed by atoms with E-state index in [0.717, 1.165) is 11.1 Å². The second-order valence-corrected chi connectivity index (χ2v) is 5.01. The van der Waals surface area contributed by atoms with Crippen molar-refractivity contribution in [1.82, 2.24) is 0 Å². The van der Waals surface area contributed by atoms with E-state index in [0.29, 0.717) is 13.1 Å². The maximum atomic E-state index is 10.3. The fraction of sp³-hybridized carbons (Fsp3) is 0.143. The smallest absolute Gasteiger partial charge is 1.00 e. The Labute approximate surface area is 143 Å². The molecule has 0 aliphatic carbocycles. The Hall–Kier alpha value is -1.10. The summed E-state index contributed by atoms with van der Waals surface area (Å²) in [6.45, 7) is 1.00. The molecule has 0 atom stereocenters. The Bertz CT molecular complexity index is 729. The molecule has 0 bridgehead atoms. The first-order valence-electron chi connectivity index (χ1n) is 5.92. The number of halogens is 2. The van der Waals surface area contributed by atoms with Crippen LogP contribution in [0.2, 0.25) is 0 Å². The van der Waals surface area contributed by atoms with Gasteiger partial charge in [0.2, 0.25) is 0 Å². The van der Waals surface area contributed by atoms with Gasteiger partial charge in [0.15, 0.2) is 0 Å². The molecule has 2 heterocycles. The minimum Gasteiger partial charge on any atom is -1.00 e. The molecule has 2 aromatic rings. The molecule has 2 aromatic heterocycles. The van der Waals surface area contributed by atoms with E-state index in [4.69, 9.17) is 0 Å². The molecular weight excluding hydrogens is 361 g/mol. The van der Waals surface area contributed by atoms with Crippen molar-refractivity contribution in [3.05, 3.63) is 49.1 Å². The normalized spacial score (nSPS) is 8.55. The van der Waals surface area contributed by atoms with Crippen LogP contribution in [-0.2, 0) is 22.2 Å². The third-order valence-corrected chi connectivity index (χ3v) is 3.29. The molecule has 0 aromatic carbocycles. The van der Waals surface area contributed by atoms with Crippen LogP contribution >= 0.6 is 15.8 Å². The molecule has 8 heteroatoms. The van der Waals surface area contributed by atoms with Crippen LogP contribution < -0.4 is 33.9 Å². The van der Waals surface area contributed by atoms with Gasteiger partial charge in [-0.1, -0.05) is 0 Å². The second-order valence-electron chi connectivity index (χ2n) is 4.02. The van der Waals surface area contributed by atoms with Crippen molar-refractivity contribution in [2.24, 2.45) is 0 Å². The van der Waals surface area contributed by atoms with Gasteiger partial charge in [-0.2, -0.15) is 0 Å². The van der Waals surface area contributed by atoms with Crippen molar-refractivity contribution in [3.8, 4) is 22.4 Å². The third-order valence-electron chi connectivity index (χ3n) is 2.75. The molecule has 0 N–H and O–H groups in total. The average molecular weight is 373 g/mol. The van der Waals surface area contributed by atoms with Gasteiger partial charge < -0.3 is 24.8 Å². The quantitative estimate of drug-likeness (QED) is 0.413. The SMILES string of the molecule is O=P#CC[n+]1ccc(-c2cc[n+](CC#P=O)cc2)cc1.[Cl-].[Cl-]. The van der Waals surface area contributed by atoms with E-state index < -0.39 is 0 Å². The molecule has 0 saturated carbocycles. The zero-order valence-corrected chi connectivity index (χ0v) is 14.7. The summed E-state index contributed by atoms with van der Waals surface area (Å²) < 4.78 is 24.4. The van der Waals surface area contributed by atoms with Crippen LogP contribution in [0.3, 0.4) is 0 Å². The van der Waals surface area contributed by atoms with Gasteiger partial charge in [0, 0.05) is 0 Å². The van der Waals surface area contributed by atoms with Crippen LogP contribution in [0.25, 0.3) is 11.1 Å². The Balaban J connectivity index is 0.00000220. The summed E-state index contributed by atoms with van der Waals surface area (Å²) in [5.74, 6) is 0. The van der Waals surface area contributed by atoms with Gasteiger partial charge in [0.25, 0.3) is 0 Å². The standard InChI is InChI=1S/C14H12N2O2P2.2ClH/c17-19-11-9-15-5-1-13(2-6-15)14-3-7-16(8-4-14)10-12-20-18;;/h1-8H,9-10H2;2*1H/q+2;;/p-2. The van der Waals surface area contributed by atoms with Crippen LogP contribution in [0.4, 0.5) is 0 Å². The number of aromatic nitrogens is 2. The van der Waals surface area contributed by atoms with E-state index in [1.807, 2.05) is 58.2 Å². The fourth-order valence-electron chi connectivity index (χ4n) is 1.73. The monoisotopic (exact) mass is 372 g/mol.